The summed E-state index contributed by atoms with van der Waals surface area (Å²) < 4.78 is 8.16. The fourth-order valence-electron chi connectivity index (χ4n) is 15.6. The molecule has 113 heavy (non-hydrogen) atoms. The number of carboxylic acids is 1. The Kier molecular flexibility index (Phi) is 21.1. The number of nitrogens with two attached hydrogens (primary N) is 1. The minimum absolute atomic E-state index is 0.134. The second-order valence-electron chi connectivity index (χ2n) is 27.5. The number of aromatic hydroxyl groups is 1. The maximum absolute atomic E-state index is 12.8. The quantitative estimate of drug-likeness (QED) is 0.0211. The second kappa shape index (κ2) is 32.9. The van der Waals surface area contributed by atoms with Crippen molar-refractivity contribution in [2.75, 3.05) is 16.4 Å². The van der Waals surface area contributed by atoms with Crippen LogP contribution in [0, 0.1) is 0 Å². The van der Waals surface area contributed by atoms with E-state index in [2.05, 4.69) is 202 Å². The van der Waals surface area contributed by atoms with Gasteiger partial charge >= 0.3 is 5.97 Å². The Hall–Kier alpha value is -14.9. The summed E-state index contributed by atoms with van der Waals surface area (Å²) in [5.74, 6) is 0.366. The highest BCUT2D eigenvalue weighted by Gasteiger charge is 2.44. The SMILES string of the molecule is Nc1ccccc1O.O=C(O)C[C@H](c1ccccc1)c1cc(NC(c2ccccc2)(c2ccccc2)c2ccccc2)nc2c1nnn2C(c1ccccc1)(c1ccccc1)c1ccccc1.c1ccc([C@@H](Cc2nc3ccccc3o2)c2cc(NC(c3ccccc3)(c3ccccc3)c3ccccc3)nc3n[nH]nc23)cc1. The number of carboxylic acid groups (broad SMARTS) is 1. The van der Waals surface area contributed by atoms with Gasteiger partial charge in [0.1, 0.15) is 50.6 Å². The van der Waals surface area contributed by atoms with Gasteiger partial charge in [-0.05, 0) is 109 Å². The Morgan fingerprint density at radius 2 is 0.779 bits per heavy atom. The Balaban J connectivity index is 0.000000159. The number of hydrogen-bond donors (Lipinski definition) is 6. The smallest absolute Gasteiger partial charge is 0.304 e. The zero-order valence-corrected chi connectivity index (χ0v) is 61.5. The highest BCUT2D eigenvalue weighted by atomic mass is 16.4. The van der Waals surface area contributed by atoms with Crippen molar-refractivity contribution in [2.45, 2.75) is 41.3 Å². The van der Waals surface area contributed by atoms with Crippen molar-refractivity contribution in [3.05, 3.63) is 473 Å². The molecule has 0 saturated carbocycles. The Morgan fingerprint density at radius 1 is 0.416 bits per heavy atom. The number of hydrogen-bond acceptors (Lipinski definition) is 13. The number of phenolic OH excluding ortho intramolecular Hbond substituents is 1. The fourth-order valence-corrected chi connectivity index (χ4v) is 15.6. The Labute approximate surface area is 653 Å². The maximum atomic E-state index is 12.8. The lowest BCUT2D eigenvalue weighted by Crippen LogP contribution is -2.39. The van der Waals surface area contributed by atoms with E-state index in [-0.39, 0.29) is 18.1 Å². The molecule has 7 N–H and O–H groups in total. The van der Waals surface area contributed by atoms with Crippen LogP contribution < -0.4 is 16.4 Å². The van der Waals surface area contributed by atoms with Crippen LogP contribution in [0.15, 0.2) is 399 Å². The van der Waals surface area contributed by atoms with Gasteiger partial charge in [-0.2, -0.15) is 10.3 Å². The number of pyridine rings is 2. The summed E-state index contributed by atoms with van der Waals surface area (Å²) in [6.45, 7) is 0. The lowest BCUT2D eigenvalue weighted by Gasteiger charge is -2.38. The fraction of sp³-hybridized carbons (Fsp3) is 0.0722. The third-order valence-corrected chi connectivity index (χ3v) is 20.7. The second-order valence-corrected chi connectivity index (χ2v) is 27.5. The standard InChI is InChI=1S/C52H41N5O2.C39H30N6O.C6H7NO/c58-48(59)37-45(38-22-8-1-9-23-38)46-36-47(54-51(39-24-10-2-11-25-39,40-26-12-3-13-27-40)41-28-14-4-15-29-41)53-50-49(46)55-56-57(50)52(42-30-16-5-17-31-42,43-32-18-6-19-33-43)44-34-20-7-21-35-44;1-5-15-27(16-6-1)31(26-36-40-33-23-13-14-24-34(33)46-36)32-25-35(41-38-37(32)43-45-44-38)42-39(28-17-7-2-8-18-28,29-19-9-3-10-20-29)30-21-11-4-12-22-30;7-5-3-1-2-4-6(5)8/h1-36,45H,37H2,(H,53,54)(H,58,59);1-25,31H,26H2,(H2,41,42,43,44,45);1-4,8H,7H2/t45-;31-;/m11./s1. The van der Waals surface area contributed by atoms with Gasteiger partial charge in [0, 0.05) is 18.3 Å². The van der Waals surface area contributed by atoms with Crippen LogP contribution in [0.3, 0.4) is 0 Å². The average molecular weight is 1480 g/mol. The molecule has 0 aliphatic carbocycles. The molecule has 0 radical (unpaired) electrons. The van der Waals surface area contributed by atoms with Gasteiger partial charge in [-0.3, -0.25) is 4.79 Å². The van der Waals surface area contributed by atoms with E-state index < -0.39 is 28.5 Å². The monoisotopic (exact) mass is 1470 g/mol. The van der Waals surface area contributed by atoms with Crippen LogP contribution in [-0.2, 0) is 27.8 Å². The zero-order valence-electron chi connectivity index (χ0n) is 61.5. The summed E-state index contributed by atoms with van der Waals surface area (Å²) in [6.07, 6.45) is 0.364. The number of aromatic amines is 1. The van der Waals surface area contributed by atoms with E-state index in [1.807, 2.05) is 199 Å². The molecule has 18 aromatic rings. The largest absolute Gasteiger partial charge is 0.506 e. The van der Waals surface area contributed by atoms with Gasteiger partial charge in [0.15, 0.2) is 17.1 Å². The van der Waals surface area contributed by atoms with Crippen LogP contribution in [-0.4, -0.2) is 61.5 Å². The number of oxazole rings is 1. The molecule has 2 atom stereocenters. The summed E-state index contributed by atoms with van der Waals surface area (Å²) >= 11 is 0. The van der Waals surface area contributed by atoms with E-state index in [1.165, 1.54) is 0 Å². The normalized spacial score (nSPS) is 12.0. The van der Waals surface area contributed by atoms with E-state index in [9.17, 15) is 9.90 Å². The number of phenols is 1. The van der Waals surface area contributed by atoms with Gasteiger partial charge < -0.3 is 31.0 Å². The molecule has 0 bridgehead atoms. The number of H-pyrrole nitrogens is 1. The predicted molar refractivity (Wildman–Crippen MR) is 446 cm³/mol. The van der Waals surface area contributed by atoms with Crippen LogP contribution in [0.4, 0.5) is 17.3 Å². The minimum Gasteiger partial charge on any atom is -0.506 e. The molecule has 13 aromatic carbocycles. The van der Waals surface area contributed by atoms with Gasteiger partial charge in [0.05, 0.1) is 12.1 Å². The average Bonchev–Trinajstić information content (AvgIpc) is 1.65. The van der Waals surface area contributed by atoms with Crippen molar-refractivity contribution >= 4 is 56.7 Å². The molecule has 0 aliphatic rings. The number of aromatic nitrogens is 9. The summed E-state index contributed by atoms with van der Waals surface area (Å²) in [7, 11) is 0. The van der Waals surface area contributed by atoms with Gasteiger partial charge in [-0.25, -0.2) is 19.6 Å². The summed E-state index contributed by atoms with van der Waals surface area (Å²) in [5.41, 5.74) is 19.6. The van der Waals surface area contributed by atoms with Crippen molar-refractivity contribution in [3.8, 4) is 5.75 Å². The lowest BCUT2D eigenvalue weighted by molar-refractivity contribution is -0.137. The first-order valence-electron chi connectivity index (χ1n) is 37.4. The van der Waals surface area contributed by atoms with E-state index in [0.717, 1.165) is 77.9 Å². The number of anilines is 3. The first-order chi connectivity index (χ1) is 55.7. The van der Waals surface area contributed by atoms with Gasteiger partial charge in [-0.1, -0.05) is 363 Å². The molecular weight excluding hydrogens is 1400 g/mol. The zero-order chi connectivity index (χ0) is 76.8. The van der Waals surface area contributed by atoms with E-state index in [4.69, 9.17) is 40.5 Å². The number of nitrogens with zero attached hydrogens (tertiary/aromatic N) is 8. The van der Waals surface area contributed by atoms with Crippen molar-refractivity contribution in [3.63, 3.8) is 0 Å². The number of rotatable bonds is 22. The topological polar surface area (TPSA) is 232 Å². The number of nitrogen functional groups attached to an aromatic ring is 1. The van der Waals surface area contributed by atoms with Gasteiger partial charge in [0.2, 0.25) is 5.65 Å². The molecule has 0 saturated heterocycles. The molecule has 5 heterocycles. The highest BCUT2D eigenvalue weighted by Crippen LogP contribution is 2.47. The number of benzene rings is 13. The molecule has 18 rings (SSSR count). The maximum Gasteiger partial charge on any atom is 0.304 e. The van der Waals surface area contributed by atoms with Crippen molar-refractivity contribution in [1.29, 1.82) is 0 Å². The number of carbonyl (C=O) groups is 1. The van der Waals surface area contributed by atoms with E-state index in [0.29, 0.717) is 57.5 Å². The van der Waals surface area contributed by atoms with Crippen LogP contribution in [0.5, 0.6) is 5.75 Å². The third-order valence-electron chi connectivity index (χ3n) is 20.7. The minimum atomic E-state index is -1.04. The van der Waals surface area contributed by atoms with Gasteiger partial charge in [-0.15, -0.1) is 10.2 Å². The molecule has 5 aromatic heterocycles. The molecule has 0 amide bonds. The Bertz CT molecular complexity index is 5790. The van der Waals surface area contributed by atoms with Crippen molar-refractivity contribution in [1.82, 2.24) is 45.4 Å². The molecule has 16 nitrogen and oxygen atoms in total. The molecular formula is C97H78N12O4. The highest BCUT2D eigenvalue weighted by molar-refractivity contribution is 5.83. The molecule has 0 aliphatic heterocycles. The first-order valence-corrected chi connectivity index (χ1v) is 37.4. The van der Waals surface area contributed by atoms with Crippen molar-refractivity contribution in [2.24, 2.45) is 0 Å². The lowest BCUT2D eigenvalue weighted by atomic mass is 9.76. The van der Waals surface area contributed by atoms with E-state index >= 15 is 0 Å². The van der Waals surface area contributed by atoms with Crippen LogP contribution in [0.25, 0.3) is 33.4 Å². The van der Waals surface area contributed by atoms with Crippen LogP contribution >= 0.6 is 0 Å². The number of nitrogens with one attached hydrogen (secondary N) is 3. The molecule has 16 heteroatoms. The number of fused-ring (bicyclic) bond motifs is 3. The van der Waals surface area contributed by atoms with Crippen molar-refractivity contribution < 1.29 is 19.4 Å². The third kappa shape index (κ3) is 14.7. The summed E-state index contributed by atoms with van der Waals surface area (Å²) in [5, 5.41) is 49.1. The van der Waals surface area contributed by atoms with Gasteiger partial charge in [0.25, 0.3) is 0 Å². The number of aliphatic carboxylic acids is 1. The predicted octanol–water partition coefficient (Wildman–Crippen LogP) is 19.9. The first kappa shape index (κ1) is 72.3. The molecule has 0 fully saturated rings. The summed E-state index contributed by atoms with van der Waals surface area (Å²) in [6, 6.07) is 132. The molecule has 0 unspecified atom stereocenters. The summed E-state index contributed by atoms with van der Waals surface area (Å²) in [4.78, 5) is 28.2. The number of para-hydroxylation sites is 4. The van der Waals surface area contributed by atoms with Crippen LogP contribution in [0.2, 0.25) is 0 Å². The van der Waals surface area contributed by atoms with E-state index in [1.54, 1.807) is 24.3 Å². The Morgan fingerprint density at radius 3 is 1.18 bits per heavy atom. The van der Waals surface area contributed by atoms with Crippen LogP contribution in [0.1, 0.15) is 96.5 Å². The molecule has 550 valence electrons. The molecule has 0 spiro atoms.